The van der Waals surface area contributed by atoms with Gasteiger partial charge in [-0.25, -0.2) is 4.57 Å². The molecule has 1 aliphatic heterocycles. The van der Waals surface area contributed by atoms with Gasteiger partial charge in [0, 0.05) is 47.4 Å². The summed E-state index contributed by atoms with van der Waals surface area (Å²) in [6, 6.07) is 12.6. The van der Waals surface area contributed by atoms with E-state index in [0.717, 1.165) is 42.7 Å². The Morgan fingerprint density at radius 3 is 2.46 bits per heavy atom. The Labute approximate surface area is 183 Å². The Morgan fingerprint density at radius 2 is 1.75 bits per heavy atom. The molecule has 0 N–H and O–H groups in total. The van der Waals surface area contributed by atoms with Gasteiger partial charge in [0.2, 0.25) is 5.91 Å². The number of amides is 1. The molecule has 5 heteroatoms. The molecule has 1 fully saturated rings. The van der Waals surface area contributed by atoms with Crippen LogP contribution in [0.2, 0.25) is 0 Å². The van der Waals surface area contributed by atoms with E-state index in [9.17, 15) is 4.79 Å². The van der Waals surface area contributed by atoms with Crippen LogP contribution in [-0.4, -0.2) is 28.5 Å². The molecule has 0 unspecified atom stereocenters. The maximum absolute atomic E-state index is 12.7. The van der Waals surface area contributed by atoms with E-state index < -0.39 is 0 Å². The molecule has 4 nitrogen and oxygen atoms in total. The van der Waals surface area contributed by atoms with Crippen LogP contribution >= 0.6 is 0 Å². The highest BCUT2D eigenvalue weighted by Crippen LogP contribution is 2.28. The van der Waals surface area contributed by atoms with Gasteiger partial charge in [0.05, 0.1) is 0 Å². The zero-order chi connectivity index (χ0) is 18.8. The van der Waals surface area contributed by atoms with Crippen molar-refractivity contribution in [2.75, 3.05) is 13.1 Å². The molecule has 2 aromatic heterocycles. The largest absolute Gasteiger partial charge is 1.00 e. The monoisotopic (exact) mass is 487 g/mol. The van der Waals surface area contributed by atoms with Gasteiger partial charge in [0.25, 0.3) is 0 Å². The normalized spacial score (nSPS) is 14.0. The van der Waals surface area contributed by atoms with Crippen molar-refractivity contribution >= 4 is 29.0 Å². The lowest BCUT2D eigenvalue weighted by Gasteiger charge is -2.17. The van der Waals surface area contributed by atoms with Crippen molar-refractivity contribution in [2.45, 2.75) is 26.3 Å². The molecule has 146 valence electrons. The van der Waals surface area contributed by atoms with Crippen LogP contribution in [0.15, 0.2) is 48.8 Å². The topological polar surface area (TPSA) is 29.1 Å². The second-order valence-electron chi connectivity index (χ2n) is 7.32. The number of rotatable bonds is 4. The summed E-state index contributed by atoms with van der Waals surface area (Å²) in [7, 11) is 2.02. The second kappa shape index (κ2) is 8.90. The van der Waals surface area contributed by atoms with Crippen LogP contribution in [0.25, 0.3) is 23.1 Å². The highest BCUT2D eigenvalue weighted by molar-refractivity contribution is 5.94. The predicted molar refractivity (Wildman–Crippen MR) is 109 cm³/mol. The molecule has 0 saturated carbocycles. The van der Waals surface area contributed by atoms with Gasteiger partial charge >= 0.3 is 0 Å². The molecule has 3 aromatic rings. The third kappa shape index (κ3) is 4.14. The minimum Gasteiger partial charge on any atom is -1.00 e. The Hall–Kier alpha value is -2.15. The third-order valence-electron chi connectivity index (χ3n) is 5.48. The van der Waals surface area contributed by atoms with Crippen molar-refractivity contribution in [2.24, 2.45) is 7.05 Å². The minimum atomic E-state index is 0. The zero-order valence-corrected chi connectivity index (χ0v) is 18.6. The first-order valence-electron chi connectivity index (χ1n) is 9.62. The standard InChI is InChI=1S/C23H26N3O.HI/c1-18-20(10-9-19-11-15-24(2)16-12-19)21-7-3-4-8-22(21)26(18)17-23(27)25-13-5-6-14-25;/h3-4,7-12,15-16H,5-6,13-14,17H2,1-2H3;1H/q+1;/p-1. The van der Waals surface area contributed by atoms with E-state index in [2.05, 4.69) is 54.0 Å². The second-order valence-corrected chi connectivity index (χ2v) is 7.32. The number of hydrogen-bond donors (Lipinski definition) is 0. The number of halogens is 1. The van der Waals surface area contributed by atoms with E-state index in [0.29, 0.717) is 6.54 Å². The molecule has 0 aliphatic carbocycles. The van der Waals surface area contributed by atoms with E-state index in [1.807, 2.05) is 35.0 Å². The molecular formula is C23H26IN3O. The van der Waals surface area contributed by atoms with Gasteiger partial charge in [-0.05, 0) is 31.4 Å². The Balaban J connectivity index is 0.00000225. The van der Waals surface area contributed by atoms with Gasteiger partial charge in [-0.15, -0.1) is 0 Å². The molecule has 4 rings (SSSR count). The molecule has 0 atom stereocenters. The maximum atomic E-state index is 12.7. The summed E-state index contributed by atoms with van der Waals surface area (Å²) in [6.45, 7) is 4.33. The minimum absolute atomic E-state index is 0. The fraction of sp³-hybridized carbons (Fsp3) is 0.304. The third-order valence-corrected chi connectivity index (χ3v) is 5.48. The van der Waals surface area contributed by atoms with E-state index in [-0.39, 0.29) is 29.9 Å². The number of hydrogen-bond acceptors (Lipinski definition) is 1. The van der Waals surface area contributed by atoms with Crippen molar-refractivity contribution in [1.82, 2.24) is 9.47 Å². The number of pyridine rings is 1. The van der Waals surface area contributed by atoms with Gasteiger partial charge in [0.1, 0.15) is 13.6 Å². The van der Waals surface area contributed by atoms with Gasteiger partial charge < -0.3 is 33.4 Å². The van der Waals surface area contributed by atoms with Gasteiger partial charge in [-0.3, -0.25) is 4.79 Å². The van der Waals surface area contributed by atoms with Crippen molar-refractivity contribution in [3.63, 3.8) is 0 Å². The van der Waals surface area contributed by atoms with Crippen molar-refractivity contribution < 1.29 is 33.3 Å². The van der Waals surface area contributed by atoms with Gasteiger partial charge in [-0.1, -0.05) is 30.4 Å². The summed E-state index contributed by atoms with van der Waals surface area (Å²) in [5.74, 6) is 0.224. The molecule has 1 aromatic carbocycles. The number of carbonyl (C=O) groups is 1. The number of aryl methyl sites for hydroxylation is 1. The molecule has 0 radical (unpaired) electrons. The number of aromatic nitrogens is 2. The van der Waals surface area contributed by atoms with E-state index in [1.165, 1.54) is 10.9 Å². The number of carbonyl (C=O) groups excluding carboxylic acids is 1. The van der Waals surface area contributed by atoms with Crippen LogP contribution in [0.1, 0.15) is 29.7 Å². The van der Waals surface area contributed by atoms with Crippen LogP contribution in [0, 0.1) is 6.92 Å². The fourth-order valence-electron chi connectivity index (χ4n) is 3.88. The molecule has 1 aliphatic rings. The smallest absolute Gasteiger partial charge is 0.242 e. The molecular weight excluding hydrogens is 461 g/mol. The fourth-order valence-corrected chi connectivity index (χ4v) is 3.88. The maximum Gasteiger partial charge on any atom is 0.242 e. The summed E-state index contributed by atoms with van der Waals surface area (Å²) in [5.41, 5.74) is 4.62. The molecule has 0 bridgehead atoms. The van der Waals surface area contributed by atoms with E-state index >= 15 is 0 Å². The lowest BCUT2D eigenvalue weighted by atomic mass is 10.1. The van der Waals surface area contributed by atoms with Crippen molar-refractivity contribution in [3.05, 3.63) is 65.6 Å². The quantitative estimate of drug-likeness (QED) is 0.391. The van der Waals surface area contributed by atoms with E-state index in [4.69, 9.17) is 0 Å². The summed E-state index contributed by atoms with van der Waals surface area (Å²) in [5, 5.41) is 1.20. The molecule has 0 spiro atoms. The molecule has 28 heavy (non-hydrogen) atoms. The highest BCUT2D eigenvalue weighted by Gasteiger charge is 2.20. The number of fused-ring (bicyclic) bond motifs is 1. The van der Waals surface area contributed by atoms with E-state index in [1.54, 1.807) is 0 Å². The Morgan fingerprint density at radius 1 is 1.07 bits per heavy atom. The number of benzene rings is 1. The summed E-state index contributed by atoms with van der Waals surface area (Å²) in [4.78, 5) is 14.7. The van der Waals surface area contributed by atoms with Crippen LogP contribution in [0.5, 0.6) is 0 Å². The number of para-hydroxylation sites is 1. The number of likely N-dealkylation sites (tertiary alicyclic amines) is 1. The molecule has 3 heterocycles. The van der Waals surface area contributed by atoms with Crippen LogP contribution in [0.4, 0.5) is 0 Å². The zero-order valence-electron chi connectivity index (χ0n) is 16.4. The molecule has 1 saturated heterocycles. The summed E-state index contributed by atoms with van der Waals surface area (Å²) in [6.07, 6.45) is 10.7. The van der Waals surface area contributed by atoms with Crippen LogP contribution in [-0.2, 0) is 18.4 Å². The lowest BCUT2D eigenvalue weighted by Crippen LogP contribution is -3.00. The van der Waals surface area contributed by atoms with Crippen molar-refractivity contribution in [3.8, 4) is 0 Å². The molecule has 1 amide bonds. The van der Waals surface area contributed by atoms with Crippen molar-refractivity contribution in [1.29, 1.82) is 0 Å². The average Bonchev–Trinajstić information content (AvgIpc) is 3.30. The average molecular weight is 487 g/mol. The summed E-state index contributed by atoms with van der Waals surface area (Å²) >= 11 is 0. The lowest BCUT2D eigenvalue weighted by molar-refractivity contribution is -0.671. The first kappa shape index (κ1) is 20.6. The Kier molecular flexibility index (Phi) is 6.54. The van der Waals surface area contributed by atoms with Gasteiger partial charge in [0.15, 0.2) is 12.4 Å². The Bertz CT molecular complexity index is 999. The number of nitrogens with zero attached hydrogens (tertiary/aromatic N) is 3. The van der Waals surface area contributed by atoms with Gasteiger partial charge in [-0.2, -0.15) is 0 Å². The highest BCUT2D eigenvalue weighted by atomic mass is 127. The first-order chi connectivity index (χ1) is 13.1. The predicted octanol–water partition coefficient (Wildman–Crippen LogP) is 0.571. The first-order valence-corrected chi connectivity index (χ1v) is 9.62. The van der Waals surface area contributed by atoms with Crippen LogP contribution in [0.3, 0.4) is 0 Å². The summed E-state index contributed by atoms with van der Waals surface area (Å²) < 4.78 is 4.19. The SMILES string of the molecule is Cc1c(/C=C/c2cc[n+](C)cc2)c2ccccc2n1CC(=O)N1CCCC1.[I-]. The van der Waals surface area contributed by atoms with Crippen LogP contribution < -0.4 is 28.5 Å².